The number of benzene rings is 2. The van der Waals surface area contributed by atoms with Gasteiger partial charge in [0.1, 0.15) is 5.84 Å². The summed E-state index contributed by atoms with van der Waals surface area (Å²) >= 11 is 1.39. The summed E-state index contributed by atoms with van der Waals surface area (Å²) in [5.74, 6) is 0.0370. The molecule has 0 aliphatic carbocycles. The van der Waals surface area contributed by atoms with Crippen LogP contribution in [0.2, 0.25) is 0 Å². The summed E-state index contributed by atoms with van der Waals surface area (Å²) in [6.45, 7) is 0. The van der Waals surface area contributed by atoms with Crippen LogP contribution in [0.4, 0.5) is 0 Å². The molecule has 0 fully saturated rings. The Morgan fingerprint density at radius 3 is 2.62 bits per heavy atom. The quantitative estimate of drug-likeness (QED) is 0.506. The summed E-state index contributed by atoms with van der Waals surface area (Å²) in [5, 5.41) is 16.5. The molecule has 0 amide bonds. The van der Waals surface area contributed by atoms with Crippen molar-refractivity contribution in [1.82, 2.24) is 14.8 Å². The summed E-state index contributed by atoms with van der Waals surface area (Å²) in [6.07, 6.45) is 0. The second-order valence-corrected chi connectivity index (χ2v) is 5.55. The van der Waals surface area contributed by atoms with E-state index in [9.17, 15) is 4.79 Å². The largest absolute Gasteiger partial charge is 0.384 e. The molecule has 0 bridgehead atoms. The molecule has 6 nitrogen and oxygen atoms in total. The lowest BCUT2D eigenvalue weighted by molar-refractivity contribution is 0.766. The number of hydrogen-bond acceptors (Lipinski definition) is 4. The van der Waals surface area contributed by atoms with Crippen LogP contribution in [0, 0.1) is 5.41 Å². The standard InChI is InChI=1S/C14H13N5OS/c1-19-13(20)17-18-14(19)21-11-7-6-10(12(15)16)8-4-2-3-5-9(8)11/h2-7H,1H3,(H3,15,16)(H,17,20). The van der Waals surface area contributed by atoms with Crippen molar-refractivity contribution in [3.63, 3.8) is 0 Å². The first-order valence-corrected chi connectivity index (χ1v) is 7.05. The van der Waals surface area contributed by atoms with Crippen LogP contribution in [0.25, 0.3) is 10.8 Å². The van der Waals surface area contributed by atoms with E-state index in [2.05, 4.69) is 10.2 Å². The van der Waals surface area contributed by atoms with Gasteiger partial charge in [0.2, 0.25) is 0 Å². The molecule has 2 aromatic carbocycles. The van der Waals surface area contributed by atoms with E-state index in [1.54, 1.807) is 7.05 Å². The van der Waals surface area contributed by atoms with Crippen molar-refractivity contribution >= 4 is 28.4 Å². The van der Waals surface area contributed by atoms with Crippen LogP contribution in [0.3, 0.4) is 0 Å². The zero-order chi connectivity index (χ0) is 15.0. The number of nitrogens with two attached hydrogens (primary N) is 1. The van der Waals surface area contributed by atoms with Crippen LogP contribution in [-0.2, 0) is 7.05 Å². The molecule has 0 spiro atoms. The smallest absolute Gasteiger partial charge is 0.343 e. The lowest BCUT2D eigenvalue weighted by Gasteiger charge is -2.09. The maximum absolute atomic E-state index is 11.4. The first-order chi connectivity index (χ1) is 10.1. The normalized spacial score (nSPS) is 10.9. The summed E-state index contributed by atoms with van der Waals surface area (Å²) < 4.78 is 1.46. The summed E-state index contributed by atoms with van der Waals surface area (Å²) in [5.41, 5.74) is 6.08. The second-order valence-electron chi connectivity index (χ2n) is 4.54. The number of nitrogens with one attached hydrogen (secondary N) is 2. The van der Waals surface area contributed by atoms with Crippen molar-refractivity contribution in [2.45, 2.75) is 10.1 Å². The van der Waals surface area contributed by atoms with E-state index in [1.807, 2.05) is 36.4 Å². The third kappa shape index (κ3) is 2.31. The summed E-state index contributed by atoms with van der Waals surface area (Å²) in [7, 11) is 1.67. The van der Waals surface area contributed by atoms with Crippen molar-refractivity contribution in [2.75, 3.05) is 0 Å². The zero-order valence-electron chi connectivity index (χ0n) is 11.3. The van der Waals surface area contributed by atoms with Gasteiger partial charge in [0.25, 0.3) is 0 Å². The highest BCUT2D eigenvalue weighted by molar-refractivity contribution is 7.99. The number of nitrogen functional groups attached to an aromatic ring is 1. The highest BCUT2D eigenvalue weighted by Gasteiger charge is 2.12. The molecule has 21 heavy (non-hydrogen) atoms. The Balaban J connectivity index is 2.16. The van der Waals surface area contributed by atoms with Gasteiger partial charge in [-0.1, -0.05) is 24.3 Å². The molecule has 3 rings (SSSR count). The summed E-state index contributed by atoms with van der Waals surface area (Å²) in [6, 6.07) is 11.4. The fourth-order valence-corrected chi connectivity index (χ4v) is 3.05. The Bertz CT molecular complexity index is 896. The average molecular weight is 299 g/mol. The van der Waals surface area contributed by atoms with Crippen molar-refractivity contribution in [2.24, 2.45) is 12.8 Å². The molecule has 4 N–H and O–H groups in total. The predicted molar refractivity (Wildman–Crippen MR) is 82.9 cm³/mol. The van der Waals surface area contributed by atoms with Crippen LogP contribution in [0.5, 0.6) is 0 Å². The molecule has 0 unspecified atom stereocenters. The minimum Gasteiger partial charge on any atom is -0.384 e. The predicted octanol–water partition coefficient (Wildman–Crippen LogP) is 1.70. The van der Waals surface area contributed by atoms with Gasteiger partial charge in [-0.2, -0.15) is 0 Å². The van der Waals surface area contributed by atoms with E-state index in [0.29, 0.717) is 10.7 Å². The Morgan fingerprint density at radius 2 is 2.00 bits per heavy atom. The first kappa shape index (κ1) is 13.4. The third-order valence-corrected chi connectivity index (χ3v) is 4.34. The zero-order valence-corrected chi connectivity index (χ0v) is 12.1. The fraction of sp³-hybridized carbons (Fsp3) is 0.0714. The number of aromatic amines is 1. The molecule has 3 aromatic rings. The molecule has 0 aliphatic heterocycles. The number of hydrogen-bond donors (Lipinski definition) is 3. The van der Waals surface area contributed by atoms with Gasteiger partial charge in [0, 0.05) is 17.5 Å². The highest BCUT2D eigenvalue weighted by atomic mass is 32.2. The van der Waals surface area contributed by atoms with Crippen molar-refractivity contribution in [1.29, 1.82) is 5.41 Å². The maximum atomic E-state index is 11.4. The van der Waals surface area contributed by atoms with Crippen LogP contribution in [0.1, 0.15) is 5.56 Å². The maximum Gasteiger partial charge on any atom is 0.343 e. The monoisotopic (exact) mass is 299 g/mol. The first-order valence-electron chi connectivity index (χ1n) is 6.23. The molecule has 0 saturated heterocycles. The van der Waals surface area contributed by atoms with E-state index in [0.717, 1.165) is 15.7 Å². The Hall–Kier alpha value is -2.54. The van der Waals surface area contributed by atoms with Crippen LogP contribution < -0.4 is 11.4 Å². The molecule has 0 aliphatic rings. The number of amidine groups is 1. The van der Waals surface area contributed by atoms with Gasteiger partial charge in [-0.05, 0) is 34.7 Å². The lowest BCUT2D eigenvalue weighted by atomic mass is 10.0. The van der Waals surface area contributed by atoms with Gasteiger partial charge in [-0.15, -0.1) is 5.10 Å². The second kappa shape index (κ2) is 5.10. The molecule has 7 heteroatoms. The minimum atomic E-state index is -0.248. The third-order valence-electron chi connectivity index (χ3n) is 3.21. The van der Waals surface area contributed by atoms with Gasteiger partial charge in [-0.25, -0.2) is 9.89 Å². The average Bonchev–Trinajstić information content (AvgIpc) is 2.79. The van der Waals surface area contributed by atoms with E-state index in [-0.39, 0.29) is 11.5 Å². The molecule has 106 valence electrons. The van der Waals surface area contributed by atoms with Gasteiger partial charge >= 0.3 is 5.69 Å². The van der Waals surface area contributed by atoms with Crippen molar-refractivity contribution < 1.29 is 0 Å². The Morgan fingerprint density at radius 1 is 1.29 bits per heavy atom. The van der Waals surface area contributed by atoms with E-state index in [1.165, 1.54) is 16.3 Å². The number of nitrogens with zero attached hydrogens (tertiary/aromatic N) is 2. The number of aromatic nitrogens is 3. The molecule has 0 saturated carbocycles. The van der Waals surface area contributed by atoms with E-state index >= 15 is 0 Å². The lowest BCUT2D eigenvalue weighted by Crippen LogP contribution is -2.13. The van der Waals surface area contributed by atoms with E-state index < -0.39 is 0 Å². The SMILES string of the molecule is Cn1c(Sc2ccc(C(=N)N)c3ccccc23)n[nH]c1=O. The molecular weight excluding hydrogens is 286 g/mol. The van der Waals surface area contributed by atoms with Gasteiger partial charge in [-0.3, -0.25) is 9.98 Å². The highest BCUT2D eigenvalue weighted by Crippen LogP contribution is 2.33. The van der Waals surface area contributed by atoms with Crippen molar-refractivity contribution in [3.8, 4) is 0 Å². The molecule has 1 heterocycles. The van der Waals surface area contributed by atoms with Crippen molar-refractivity contribution in [3.05, 3.63) is 52.4 Å². The number of H-pyrrole nitrogens is 1. The van der Waals surface area contributed by atoms with Gasteiger partial charge < -0.3 is 5.73 Å². The van der Waals surface area contributed by atoms with Crippen LogP contribution >= 0.6 is 11.8 Å². The molecule has 1 aromatic heterocycles. The minimum absolute atomic E-state index is 0.0370. The van der Waals surface area contributed by atoms with Crippen LogP contribution in [0.15, 0.2) is 51.2 Å². The Labute approximate surface area is 124 Å². The molecular formula is C14H13N5OS. The number of rotatable bonds is 3. The van der Waals surface area contributed by atoms with Gasteiger partial charge in [0.05, 0.1) is 0 Å². The molecule has 0 atom stereocenters. The molecule has 0 radical (unpaired) electrons. The number of fused-ring (bicyclic) bond motifs is 1. The topological polar surface area (TPSA) is 101 Å². The summed E-state index contributed by atoms with van der Waals surface area (Å²) in [4.78, 5) is 12.4. The Kier molecular flexibility index (Phi) is 3.26. The van der Waals surface area contributed by atoms with Crippen LogP contribution in [-0.4, -0.2) is 20.6 Å². The fourth-order valence-electron chi connectivity index (χ4n) is 2.12. The van der Waals surface area contributed by atoms with E-state index in [4.69, 9.17) is 11.1 Å². The van der Waals surface area contributed by atoms with Gasteiger partial charge in [0.15, 0.2) is 5.16 Å².